The van der Waals surface area contributed by atoms with Crippen LogP contribution in [0, 0.1) is 0 Å². The summed E-state index contributed by atoms with van der Waals surface area (Å²) < 4.78 is 0. The number of hydrogen-bond acceptors (Lipinski definition) is 3. The zero-order valence-corrected chi connectivity index (χ0v) is 13.9. The second-order valence-electron chi connectivity index (χ2n) is 6.04. The Labute approximate surface area is 141 Å². The van der Waals surface area contributed by atoms with E-state index in [1.807, 2.05) is 61.5 Å². The Morgan fingerprint density at radius 3 is 2.54 bits per heavy atom. The van der Waals surface area contributed by atoms with Crippen LogP contribution < -0.4 is 10.2 Å². The van der Waals surface area contributed by atoms with E-state index in [2.05, 4.69) is 5.32 Å². The summed E-state index contributed by atoms with van der Waals surface area (Å²) in [6.07, 6.45) is 0. The molecule has 124 valence electrons. The third-order valence-electron chi connectivity index (χ3n) is 4.19. The lowest BCUT2D eigenvalue weighted by molar-refractivity contribution is -0.130. The molecule has 2 aromatic carbocycles. The van der Waals surface area contributed by atoms with Crippen LogP contribution in [0.3, 0.4) is 0 Å². The van der Waals surface area contributed by atoms with Crippen LogP contribution in [0.1, 0.15) is 12.5 Å². The minimum absolute atomic E-state index is 0.0468. The van der Waals surface area contributed by atoms with Crippen LogP contribution in [-0.4, -0.2) is 36.3 Å². The summed E-state index contributed by atoms with van der Waals surface area (Å²) in [5, 5.41) is 3.17. The second-order valence-corrected chi connectivity index (χ2v) is 6.04. The summed E-state index contributed by atoms with van der Waals surface area (Å²) in [7, 11) is 1.76. The highest BCUT2D eigenvalue weighted by Crippen LogP contribution is 2.30. The lowest BCUT2D eigenvalue weighted by Crippen LogP contribution is -2.49. The molecular weight excluding hydrogens is 302 g/mol. The smallest absolute Gasteiger partial charge is 0.249 e. The van der Waals surface area contributed by atoms with E-state index in [4.69, 9.17) is 0 Å². The van der Waals surface area contributed by atoms with Gasteiger partial charge in [-0.25, -0.2) is 0 Å². The highest BCUT2D eigenvalue weighted by Gasteiger charge is 2.31. The van der Waals surface area contributed by atoms with Crippen LogP contribution in [0.2, 0.25) is 0 Å². The molecule has 2 aromatic rings. The number of nitrogens with zero attached hydrogens (tertiary/aromatic N) is 2. The highest BCUT2D eigenvalue weighted by atomic mass is 16.2. The predicted molar refractivity (Wildman–Crippen MR) is 94.8 cm³/mol. The number of rotatable bonds is 4. The minimum atomic E-state index is -0.341. The van der Waals surface area contributed by atoms with Gasteiger partial charge >= 0.3 is 0 Å². The topological polar surface area (TPSA) is 52.7 Å². The van der Waals surface area contributed by atoms with Crippen molar-refractivity contribution >= 4 is 23.2 Å². The lowest BCUT2D eigenvalue weighted by atomic mass is 10.1. The van der Waals surface area contributed by atoms with Gasteiger partial charge in [0.1, 0.15) is 12.6 Å². The first-order valence-electron chi connectivity index (χ1n) is 8.01. The van der Waals surface area contributed by atoms with Crippen LogP contribution in [0.4, 0.5) is 11.4 Å². The standard InChI is InChI=1S/C19H21N3O2/c1-14-19(24)22(17-11-7-6-10-16(17)20-14)13-18(23)21(2)12-15-8-4-3-5-9-15/h3-11,14,20H,12-13H2,1-2H3. The Balaban J connectivity index is 1.74. The van der Waals surface area contributed by atoms with Crippen molar-refractivity contribution in [3.63, 3.8) is 0 Å². The number of anilines is 2. The molecule has 0 spiro atoms. The fraction of sp³-hybridized carbons (Fsp3) is 0.263. The van der Waals surface area contributed by atoms with Gasteiger partial charge in [0.15, 0.2) is 0 Å². The number of nitrogens with one attached hydrogen (secondary N) is 1. The first-order chi connectivity index (χ1) is 11.6. The second kappa shape index (κ2) is 6.74. The van der Waals surface area contributed by atoms with E-state index in [0.717, 1.165) is 16.9 Å². The molecule has 0 fully saturated rings. The van der Waals surface area contributed by atoms with Gasteiger partial charge in [-0.2, -0.15) is 0 Å². The molecule has 0 saturated heterocycles. The van der Waals surface area contributed by atoms with E-state index in [-0.39, 0.29) is 24.4 Å². The van der Waals surface area contributed by atoms with Gasteiger partial charge in [0.05, 0.1) is 11.4 Å². The van der Waals surface area contributed by atoms with Gasteiger partial charge in [-0.1, -0.05) is 42.5 Å². The van der Waals surface area contributed by atoms with Gasteiger partial charge in [-0.05, 0) is 24.6 Å². The summed E-state index contributed by atoms with van der Waals surface area (Å²) in [6, 6.07) is 17.0. The molecule has 5 nitrogen and oxygen atoms in total. The molecule has 1 unspecified atom stereocenters. The quantitative estimate of drug-likeness (QED) is 0.940. The van der Waals surface area contributed by atoms with Crippen LogP contribution in [-0.2, 0) is 16.1 Å². The molecule has 0 aromatic heterocycles. The molecule has 0 bridgehead atoms. The summed E-state index contributed by atoms with van der Waals surface area (Å²) in [6.45, 7) is 2.38. The fourth-order valence-corrected chi connectivity index (χ4v) is 2.84. The Bertz CT molecular complexity index is 745. The molecule has 1 N–H and O–H groups in total. The maximum atomic E-state index is 12.6. The van der Waals surface area contributed by atoms with Crippen molar-refractivity contribution in [3.8, 4) is 0 Å². The van der Waals surface area contributed by atoms with Crippen LogP contribution in [0.5, 0.6) is 0 Å². The van der Waals surface area contributed by atoms with Crippen molar-refractivity contribution in [2.75, 3.05) is 23.8 Å². The first-order valence-corrected chi connectivity index (χ1v) is 8.01. The third kappa shape index (κ3) is 3.25. The number of para-hydroxylation sites is 2. The maximum absolute atomic E-state index is 12.6. The molecule has 3 rings (SSSR count). The highest BCUT2D eigenvalue weighted by molar-refractivity contribution is 6.07. The average molecular weight is 323 g/mol. The van der Waals surface area contributed by atoms with E-state index in [1.54, 1.807) is 16.8 Å². The Morgan fingerprint density at radius 2 is 1.79 bits per heavy atom. The van der Waals surface area contributed by atoms with Gasteiger partial charge in [-0.15, -0.1) is 0 Å². The van der Waals surface area contributed by atoms with Gasteiger partial charge in [0.2, 0.25) is 11.8 Å². The fourth-order valence-electron chi connectivity index (χ4n) is 2.84. The molecule has 1 aliphatic heterocycles. The summed E-state index contributed by atoms with van der Waals surface area (Å²) in [5.41, 5.74) is 2.69. The Morgan fingerprint density at radius 1 is 1.12 bits per heavy atom. The van der Waals surface area contributed by atoms with Crippen LogP contribution >= 0.6 is 0 Å². The van der Waals surface area contributed by atoms with Crippen molar-refractivity contribution in [2.24, 2.45) is 0 Å². The normalized spacial score (nSPS) is 16.3. The number of amides is 2. The number of fused-ring (bicyclic) bond motifs is 1. The number of benzene rings is 2. The maximum Gasteiger partial charge on any atom is 0.249 e. The van der Waals surface area contributed by atoms with E-state index < -0.39 is 0 Å². The van der Waals surface area contributed by atoms with E-state index >= 15 is 0 Å². The largest absolute Gasteiger partial charge is 0.372 e. The van der Waals surface area contributed by atoms with Crippen molar-refractivity contribution in [1.29, 1.82) is 0 Å². The number of carbonyl (C=O) groups is 2. The first kappa shape index (κ1) is 16.1. The van der Waals surface area contributed by atoms with Crippen molar-refractivity contribution < 1.29 is 9.59 Å². The molecule has 0 saturated carbocycles. The molecule has 1 atom stereocenters. The summed E-state index contributed by atoms with van der Waals surface area (Å²) in [5.74, 6) is -0.175. The van der Waals surface area contributed by atoms with Gasteiger partial charge in [0, 0.05) is 13.6 Å². The number of hydrogen-bond donors (Lipinski definition) is 1. The minimum Gasteiger partial charge on any atom is -0.372 e. The molecular formula is C19H21N3O2. The summed E-state index contributed by atoms with van der Waals surface area (Å²) >= 11 is 0. The van der Waals surface area contributed by atoms with Gasteiger partial charge in [-0.3, -0.25) is 14.5 Å². The van der Waals surface area contributed by atoms with Crippen LogP contribution in [0.25, 0.3) is 0 Å². The Hall–Kier alpha value is -2.82. The third-order valence-corrected chi connectivity index (χ3v) is 4.19. The molecule has 5 heteroatoms. The van der Waals surface area contributed by atoms with Gasteiger partial charge in [0.25, 0.3) is 0 Å². The van der Waals surface area contributed by atoms with Crippen molar-refractivity contribution in [1.82, 2.24) is 4.90 Å². The molecule has 1 aliphatic rings. The Kier molecular flexibility index (Phi) is 4.51. The summed E-state index contributed by atoms with van der Waals surface area (Å²) in [4.78, 5) is 28.3. The zero-order chi connectivity index (χ0) is 17.1. The average Bonchev–Trinajstić information content (AvgIpc) is 2.59. The van der Waals surface area contributed by atoms with E-state index in [0.29, 0.717) is 6.54 Å². The van der Waals surface area contributed by atoms with Gasteiger partial charge < -0.3 is 10.2 Å². The molecule has 1 heterocycles. The molecule has 0 radical (unpaired) electrons. The number of likely N-dealkylation sites (N-methyl/N-ethyl adjacent to an activating group) is 1. The molecule has 24 heavy (non-hydrogen) atoms. The van der Waals surface area contributed by atoms with Crippen molar-refractivity contribution in [3.05, 3.63) is 60.2 Å². The van der Waals surface area contributed by atoms with E-state index in [1.165, 1.54) is 0 Å². The monoisotopic (exact) mass is 323 g/mol. The predicted octanol–water partition coefficient (Wildman–Crippen LogP) is 2.49. The zero-order valence-electron chi connectivity index (χ0n) is 13.9. The number of carbonyl (C=O) groups excluding carboxylic acids is 2. The van der Waals surface area contributed by atoms with E-state index in [9.17, 15) is 9.59 Å². The molecule has 0 aliphatic carbocycles. The molecule has 2 amide bonds. The van der Waals surface area contributed by atoms with Crippen LogP contribution in [0.15, 0.2) is 54.6 Å². The van der Waals surface area contributed by atoms with Crippen molar-refractivity contribution in [2.45, 2.75) is 19.5 Å². The SMILES string of the molecule is CC1Nc2ccccc2N(CC(=O)N(C)Cc2ccccc2)C1=O. The lowest BCUT2D eigenvalue weighted by Gasteiger charge is -2.34.